The zero-order chi connectivity index (χ0) is 16.4. The predicted octanol–water partition coefficient (Wildman–Crippen LogP) is 3.22. The Labute approximate surface area is 135 Å². The number of nitrogens with two attached hydrogens (primary N) is 1. The third-order valence-electron chi connectivity index (χ3n) is 4.54. The van der Waals surface area contributed by atoms with Crippen molar-refractivity contribution >= 4 is 5.91 Å². The van der Waals surface area contributed by atoms with Gasteiger partial charge in [0.25, 0.3) is 5.91 Å². The van der Waals surface area contributed by atoms with E-state index in [1.54, 1.807) is 6.07 Å². The van der Waals surface area contributed by atoms with Crippen LogP contribution in [-0.4, -0.2) is 30.4 Å². The summed E-state index contributed by atoms with van der Waals surface area (Å²) < 4.78 is 13.2. The van der Waals surface area contributed by atoms with Gasteiger partial charge in [-0.05, 0) is 66.8 Å². The highest BCUT2D eigenvalue weighted by Gasteiger charge is 2.25. The van der Waals surface area contributed by atoms with Crippen molar-refractivity contribution in [3.05, 3.63) is 59.4 Å². The van der Waals surface area contributed by atoms with E-state index in [1.807, 2.05) is 36.1 Å². The second-order valence-electron chi connectivity index (χ2n) is 6.18. The standard InChI is InChI=1S/C19H21FN2O/c1-13-10-17(20)6-7-18(13)15-2-4-16(5-3-15)19(23)22-9-8-14(11-21)12-22/h2-7,10,14H,8-9,11-12,21H2,1H3/t14-/m0/s1. The first-order chi connectivity index (χ1) is 11.1. The maximum Gasteiger partial charge on any atom is 0.253 e. The van der Waals surface area contributed by atoms with Gasteiger partial charge in [-0.2, -0.15) is 0 Å². The summed E-state index contributed by atoms with van der Waals surface area (Å²) in [6, 6.07) is 12.3. The molecule has 1 atom stereocenters. The molecule has 23 heavy (non-hydrogen) atoms. The van der Waals surface area contributed by atoms with Gasteiger partial charge in [-0.15, -0.1) is 0 Å². The average Bonchev–Trinajstić information content (AvgIpc) is 3.03. The molecule has 120 valence electrons. The number of benzene rings is 2. The van der Waals surface area contributed by atoms with Crippen molar-refractivity contribution in [2.75, 3.05) is 19.6 Å². The molecular formula is C19H21FN2O. The lowest BCUT2D eigenvalue weighted by molar-refractivity contribution is 0.0787. The minimum absolute atomic E-state index is 0.0586. The number of likely N-dealkylation sites (tertiary alicyclic amines) is 1. The first kappa shape index (κ1) is 15.7. The highest BCUT2D eigenvalue weighted by atomic mass is 19.1. The molecule has 0 saturated carbocycles. The molecule has 3 nitrogen and oxygen atoms in total. The molecule has 2 N–H and O–H groups in total. The third-order valence-corrected chi connectivity index (χ3v) is 4.54. The van der Waals surface area contributed by atoms with Crippen LogP contribution in [0, 0.1) is 18.7 Å². The fourth-order valence-corrected chi connectivity index (χ4v) is 3.14. The molecule has 0 bridgehead atoms. The van der Waals surface area contributed by atoms with Gasteiger partial charge in [0, 0.05) is 18.7 Å². The van der Waals surface area contributed by atoms with Gasteiger partial charge in [0.2, 0.25) is 0 Å². The van der Waals surface area contributed by atoms with Crippen molar-refractivity contribution in [1.82, 2.24) is 4.90 Å². The van der Waals surface area contributed by atoms with Crippen LogP contribution in [0.5, 0.6) is 0 Å². The quantitative estimate of drug-likeness (QED) is 0.946. The van der Waals surface area contributed by atoms with Crippen LogP contribution in [-0.2, 0) is 0 Å². The van der Waals surface area contributed by atoms with Crippen LogP contribution >= 0.6 is 0 Å². The van der Waals surface area contributed by atoms with Gasteiger partial charge in [-0.3, -0.25) is 4.79 Å². The molecule has 1 amide bonds. The number of carbonyl (C=O) groups excluding carboxylic acids is 1. The lowest BCUT2D eigenvalue weighted by atomic mass is 9.99. The van der Waals surface area contributed by atoms with E-state index in [1.165, 1.54) is 12.1 Å². The molecule has 0 radical (unpaired) electrons. The minimum atomic E-state index is -0.235. The summed E-state index contributed by atoms with van der Waals surface area (Å²) >= 11 is 0. The van der Waals surface area contributed by atoms with Crippen molar-refractivity contribution in [3.8, 4) is 11.1 Å². The van der Waals surface area contributed by atoms with E-state index in [4.69, 9.17) is 5.73 Å². The van der Waals surface area contributed by atoms with Gasteiger partial charge in [0.05, 0.1) is 0 Å². The predicted molar refractivity (Wildman–Crippen MR) is 89.6 cm³/mol. The molecule has 2 aromatic carbocycles. The summed E-state index contributed by atoms with van der Waals surface area (Å²) in [5, 5.41) is 0. The summed E-state index contributed by atoms with van der Waals surface area (Å²) in [6.07, 6.45) is 0.981. The number of aryl methyl sites for hydroxylation is 1. The maximum absolute atomic E-state index is 13.2. The van der Waals surface area contributed by atoms with E-state index in [9.17, 15) is 9.18 Å². The van der Waals surface area contributed by atoms with Crippen molar-refractivity contribution in [2.24, 2.45) is 11.7 Å². The molecule has 1 aliphatic heterocycles. The molecule has 3 rings (SSSR count). The second kappa shape index (κ2) is 6.50. The van der Waals surface area contributed by atoms with Crippen LogP contribution in [0.15, 0.2) is 42.5 Å². The first-order valence-electron chi connectivity index (χ1n) is 7.94. The van der Waals surface area contributed by atoms with Crippen LogP contribution in [0.2, 0.25) is 0 Å². The number of hydrogen-bond donors (Lipinski definition) is 1. The fourth-order valence-electron chi connectivity index (χ4n) is 3.14. The molecule has 4 heteroatoms. The lowest BCUT2D eigenvalue weighted by Gasteiger charge is -2.16. The number of hydrogen-bond acceptors (Lipinski definition) is 2. The lowest BCUT2D eigenvalue weighted by Crippen LogP contribution is -2.29. The van der Waals surface area contributed by atoms with Gasteiger partial charge in [0.15, 0.2) is 0 Å². The molecule has 0 aromatic heterocycles. The molecule has 0 unspecified atom stereocenters. The zero-order valence-electron chi connectivity index (χ0n) is 13.3. The Morgan fingerprint density at radius 1 is 1.26 bits per heavy atom. The van der Waals surface area contributed by atoms with Crippen molar-refractivity contribution < 1.29 is 9.18 Å². The van der Waals surface area contributed by atoms with Crippen molar-refractivity contribution in [1.29, 1.82) is 0 Å². The first-order valence-corrected chi connectivity index (χ1v) is 7.94. The normalized spacial score (nSPS) is 17.5. The van der Waals surface area contributed by atoms with E-state index < -0.39 is 0 Å². The maximum atomic E-state index is 13.2. The largest absolute Gasteiger partial charge is 0.338 e. The van der Waals surface area contributed by atoms with E-state index in [0.717, 1.165) is 36.2 Å². The summed E-state index contributed by atoms with van der Waals surface area (Å²) in [5.74, 6) is 0.241. The molecule has 0 aliphatic carbocycles. The number of carbonyl (C=O) groups is 1. The van der Waals surface area contributed by atoms with Crippen LogP contribution in [0.4, 0.5) is 4.39 Å². The van der Waals surface area contributed by atoms with E-state index in [2.05, 4.69) is 0 Å². The fraction of sp³-hybridized carbons (Fsp3) is 0.316. The summed E-state index contributed by atoms with van der Waals surface area (Å²) in [7, 11) is 0. The second-order valence-corrected chi connectivity index (χ2v) is 6.18. The van der Waals surface area contributed by atoms with E-state index in [-0.39, 0.29) is 11.7 Å². The van der Waals surface area contributed by atoms with Gasteiger partial charge in [0.1, 0.15) is 5.82 Å². The smallest absolute Gasteiger partial charge is 0.253 e. The molecule has 1 heterocycles. The van der Waals surface area contributed by atoms with Gasteiger partial charge in [-0.25, -0.2) is 4.39 Å². The molecule has 1 aliphatic rings. The molecule has 1 fully saturated rings. The Morgan fingerprint density at radius 2 is 2.00 bits per heavy atom. The highest BCUT2D eigenvalue weighted by molar-refractivity contribution is 5.95. The summed E-state index contributed by atoms with van der Waals surface area (Å²) in [4.78, 5) is 14.4. The van der Waals surface area contributed by atoms with Gasteiger partial charge in [-0.1, -0.05) is 18.2 Å². The Kier molecular flexibility index (Phi) is 4.44. The van der Waals surface area contributed by atoms with Crippen LogP contribution < -0.4 is 5.73 Å². The zero-order valence-corrected chi connectivity index (χ0v) is 13.3. The number of rotatable bonds is 3. The van der Waals surface area contributed by atoms with Gasteiger partial charge < -0.3 is 10.6 Å². The topological polar surface area (TPSA) is 46.3 Å². The van der Waals surface area contributed by atoms with Crippen LogP contribution in [0.3, 0.4) is 0 Å². The van der Waals surface area contributed by atoms with Crippen LogP contribution in [0.1, 0.15) is 22.3 Å². The van der Waals surface area contributed by atoms with E-state index in [0.29, 0.717) is 18.0 Å². The van der Waals surface area contributed by atoms with Crippen molar-refractivity contribution in [2.45, 2.75) is 13.3 Å². The number of amides is 1. The Bertz CT molecular complexity index is 712. The summed E-state index contributed by atoms with van der Waals surface area (Å²) in [6.45, 7) is 4.04. The molecule has 2 aromatic rings. The van der Waals surface area contributed by atoms with Crippen LogP contribution in [0.25, 0.3) is 11.1 Å². The van der Waals surface area contributed by atoms with E-state index >= 15 is 0 Å². The van der Waals surface area contributed by atoms with Gasteiger partial charge >= 0.3 is 0 Å². The molecule has 0 spiro atoms. The Morgan fingerprint density at radius 3 is 2.61 bits per heavy atom. The Balaban J connectivity index is 1.78. The highest BCUT2D eigenvalue weighted by Crippen LogP contribution is 2.25. The number of nitrogens with zero attached hydrogens (tertiary/aromatic N) is 1. The number of halogens is 1. The SMILES string of the molecule is Cc1cc(F)ccc1-c1ccc(C(=O)N2CC[C@@H](CN)C2)cc1. The molecule has 1 saturated heterocycles. The van der Waals surface area contributed by atoms with Crippen molar-refractivity contribution in [3.63, 3.8) is 0 Å². The Hall–Kier alpha value is -2.20. The third kappa shape index (κ3) is 3.27. The monoisotopic (exact) mass is 312 g/mol. The summed E-state index contributed by atoms with van der Waals surface area (Å²) in [5.41, 5.74) is 9.22. The molecular weight excluding hydrogens is 291 g/mol. The average molecular weight is 312 g/mol. The minimum Gasteiger partial charge on any atom is -0.338 e.